The van der Waals surface area contributed by atoms with Gasteiger partial charge in [-0.3, -0.25) is 4.79 Å². The normalized spacial score (nSPS) is 26.7. The summed E-state index contributed by atoms with van der Waals surface area (Å²) in [6.45, 7) is 4.73. The highest BCUT2D eigenvalue weighted by atomic mass is 32.1. The van der Waals surface area contributed by atoms with Gasteiger partial charge in [-0.2, -0.15) is 0 Å². The second-order valence-electron chi connectivity index (χ2n) is 3.78. The van der Waals surface area contributed by atoms with Crippen molar-refractivity contribution in [3.05, 3.63) is 21.9 Å². The number of ether oxygens (including phenoxy) is 1. The first-order chi connectivity index (χ1) is 6.68. The summed E-state index contributed by atoms with van der Waals surface area (Å²) in [4.78, 5) is 13.2. The van der Waals surface area contributed by atoms with Crippen molar-refractivity contribution in [3.8, 4) is 0 Å². The van der Waals surface area contributed by atoms with Crippen molar-refractivity contribution in [2.24, 2.45) is 5.92 Å². The van der Waals surface area contributed by atoms with E-state index in [1.54, 1.807) is 11.3 Å². The standard InChI is InChI=1S/C11H14O2S/c1-7-5-9(6-14-7)11(12)10-3-4-13-8(10)2/h5-6,8,10H,3-4H2,1-2H3. The quantitative estimate of drug-likeness (QED) is 0.701. The molecular weight excluding hydrogens is 196 g/mol. The van der Waals surface area contributed by atoms with Crippen molar-refractivity contribution in [2.75, 3.05) is 6.61 Å². The molecule has 0 N–H and O–H groups in total. The van der Waals surface area contributed by atoms with Crippen LogP contribution < -0.4 is 0 Å². The Balaban J connectivity index is 2.15. The summed E-state index contributed by atoms with van der Waals surface area (Å²) >= 11 is 1.63. The second kappa shape index (κ2) is 3.83. The van der Waals surface area contributed by atoms with Gasteiger partial charge in [-0.1, -0.05) is 0 Å². The van der Waals surface area contributed by atoms with Gasteiger partial charge in [0.25, 0.3) is 0 Å². The fraction of sp³-hybridized carbons (Fsp3) is 0.545. The van der Waals surface area contributed by atoms with E-state index in [0.717, 1.165) is 18.6 Å². The molecule has 1 aliphatic heterocycles. The van der Waals surface area contributed by atoms with E-state index in [1.165, 1.54) is 4.88 Å². The topological polar surface area (TPSA) is 26.3 Å². The van der Waals surface area contributed by atoms with Gasteiger partial charge in [0, 0.05) is 22.4 Å². The number of hydrogen-bond acceptors (Lipinski definition) is 3. The fourth-order valence-corrected chi connectivity index (χ4v) is 2.55. The minimum absolute atomic E-state index is 0.0731. The molecule has 1 saturated heterocycles. The molecule has 76 valence electrons. The summed E-state index contributed by atoms with van der Waals surface area (Å²) < 4.78 is 5.40. The van der Waals surface area contributed by atoms with E-state index < -0.39 is 0 Å². The van der Waals surface area contributed by atoms with Crippen molar-refractivity contribution in [3.63, 3.8) is 0 Å². The summed E-state index contributed by atoms with van der Waals surface area (Å²) in [5.41, 5.74) is 0.856. The van der Waals surface area contributed by atoms with Crippen molar-refractivity contribution < 1.29 is 9.53 Å². The van der Waals surface area contributed by atoms with E-state index >= 15 is 0 Å². The Bertz CT molecular complexity index is 343. The molecule has 14 heavy (non-hydrogen) atoms. The predicted octanol–water partition coefficient (Wildman–Crippen LogP) is 2.66. The van der Waals surface area contributed by atoms with Crippen molar-refractivity contribution >= 4 is 17.1 Å². The lowest BCUT2D eigenvalue weighted by Gasteiger charge is -2.11. The maximum atomic E-state index is 12.0. The molecule has 1 aromatic heterocycles. The van der Waals surface area contributed by atoms with E-state index in [-0.39, 0.29) is 17.8 Å². The van der Waals surface area contributed by atoms with Gasteiger partial charge < -0.3 is 4.74 Å². The minimum atomic E-state index is 0.0731. The number of carbonyl (C=O) groups is 1. The summed E-state index contributed by atoms with van der Waals surface area (Å²) in [5.74, 6) is 0.323. The highest BCUT2D eigenvalue weighted by molar-refractivity contribution is 7.10. The summed E-state index contributed by atoms with van der Waals surface area (Å²) in [6, 6.07) is 1.97. The Morgan fingerprint density at radius 1 is 1.64 bits per heavy atom. The number of thiophene rings is 1. The zero-order chi connectivity index (χ0) is 10.1. The lowest BCUT2D eigenvalue weighted by molar-refractivity contribution is 0.0764. The lowest BCUT2D eigenvalue weighted by Crippen LogP contribution is -2.21. The van der Waals surface area contributed by atoms with Gasteiger partial charge >= 0.3 is 0 Å². The van der Waals surface area contributed by atoms with Gasteiger partial charge in [0.15, 0.2) is 5.78 Å². The van der Waals surface area contributed by atoms with Crippen LogP contribution >= 0.6 is 11.3 Å². The zero-order valence-electron chi connectivity index (χ0n) is 8.45. The predicted molar refractivity (Wildman–Crippen MR) is 56.9 cm³/mol. The van der Waals surface area contributed by atoms with E-state index in [0.29, 0.717) is 0 Å². The largest absolute Gasteiger partial charge is 0.378 e. The average molecular weight is 210 g/mol. The Morgan fingerprint density at radius 3 is 2.93 bits per heavy atom. The monoisotopic (exact) mass is 210 g/mol. The lowest BCUT2D eigenvalue weighted by atomic mass is 9.94. The Kier molecular flexibility index (Phi) is 2.70. The van der Waals surface area contributed by atoms with E-state index in [1.807, 2.05) is 25.3 Å². The molecule has 1 aliphatic rings. The zero-order valence-corrected chi connectivity index (χ0v) is 9.26. The van der Waals surface area contributed by atoms with Crippen LogP contribution in [0.1, 0.15) is 28.6 Å². The van der Waals surface area contributed by atoms with Gasteiger partial charge in [-0.15, -0.1) is 11.3 Å². The molecule has 2 unspecified atom stereocenters. The molecule has 0 bridgehead atoms. The van der Waals surface area contributed by atoms with Crippen LogP contribution in [-0.2, 0) is 4.74 Å². The highest BCUT2D eigenvalue weighted by Gasteiger charge is 2.31. The minimum Gasteiger partial charge on any atom is -0.378 e. The number of Topliss-reactive ketones (excluding diaryl/α,β-unsaturated/α-hetero) is 1. The molecule has 3 heteroatoms. The molecule has 1 aromatic rings. The number of ketones is 1. The van der Waals surface area contributed by atoms with Crippen LogP contribution in [0.2, 0.25) is 0 Å². The van der Waals surface area contributed by atoms with Crippen LogP contribution in [0, 0.1) is 12.8 Å². The maximum absolute atomic E-state index is 12.0. The highest BCUT2D eigenvalue weighted by Crippen LogP contribution is 2.26. The van der Waals surface area contributed by atoms with Gasteiger partial charge in [-0.05, 0) is 26.3 Å². The third-order valence-electron chi connectivity index (χ3n) is 2.73. The van der Waals surface area contributed by atoms with Gasteiger partial charge in [-0.25, -0.2) is 0 Å². The second-order valence-corrected chi connectivity index (χ2v) is 4.90. The van der Waals surface area contributed by atoms with Crippen LogP contribution in [0.25, 0.3) is 0 Å². The smallest absolute Gasteiger partial charge is 0.169 e. The van der Waals surface area contributed by atoms with Gasteiger partial charge in [0.1, 0.15) is 0 Å². The van der Waals surface area contributed by atoms with Crippen LogP contribution in [0.4, 0.5) is 0 Å². The Hall–Kier alpha value is -0.670. The molecule has 0 radical (unpaired) electrons. The van der Waals surface area contributed by atoms with E-state index in [9.17, 15) is 4.79 Å². The fourth-order valence-electron chi connectivity index (χ4n) is 1.86. The summed E-state index contributed by atoms with van der Waals surface area (Å²) in [5, 5.41) is 1.95. The first-order valence-electron chi connectivity index (χ1n) is 4.89. The van der Waals surface area contributed by atoms with Gasteiger partial charge in [0.05, 0.1) is 12.0 Å². The first-order valence-corrected chi connectivity index (χ1v) is 5.77. The average Bonchev–Trinajstić information content (AvgIpc) is 2.73. The molecule has 0 aromatic carbocycles. The van der Waals surface area contributed by atoms with Crippen molar-refractivity contribution in [1.82, 2.24) is 0 Å². The molecule has 0 spiro atoms. The molecule has 0 saturated carbocycles. The maximum Gasteiger partial charge on any atom is 0.169 e. The Morgan fingerprint density at radius 2 is 2.43 bits per heavy atom. The number of aryl methyl sites for hydroxylation is 1. The number of carbonyl (C=O) groups excluding carboxylic acids is 1. The number of hydrogen-bond donors (Lipinski definition) is 0. The third kappa shape index (κ3) is 1.74. The molecule has 0 amide bonds. The van der Waals surface area contributed by atoms with Crippen LogP contribution in [-0.4, -0.2) is 18.5 Å². The molecule has 2 rings (SSSR count). The van der Waals surface area contributed by atoms with E-state index in [2.05, 4.69) is 0 Å². The van der Waals surface area contributed by atoms with Gasteiger partial charge in [0.2, 0.25) is 0 Å². The Labute approximate surface area is 87.9 Å². The van der Waals surface area contributed by atoms with Crippen LogP contribution in [0.15, 0.2) is 11.4 Å². The SMILES string of the molecule is Cc1cc(C(=O)C2CCOC2C)cs1. The van der Waals surface area contributed by atoms with Crippen LogP contribution in [0.3, 0.4) is 0 Å². The molecule has 2 nitrogen and oxygen atoms in total. The molecule has 2 heterocycles. The van der Waals surface area contributed by atoms with Crippen LogP contribution in [0.5, 0.6) is 0 Å². The molecular formula is C11H14O2S. The summed E-state index contributed by atoms with van der Waals surface area (Å²) in [7, 11) is 0. The summed E-state index contributed by atoms with van der Waals surface area (Å²) in [6.07, 6.45) is 0.956. The van der Waals surface area contributed by atoms with E-state index in [4.69, 9.17) is 4.74 Å². The molecule has 2 atom stereocenters. The first kappa shape index (κ1) is 9.87. The third-order valence-corrected chi connectivity index (χ3v) is 3.59. The molecule has 0 aliphatic carbocycles. The van der Waals surface area contributed by atoms with Crippen molar-refractivity contribution in [2.45, 2.75) is 26.4 Å². The number of rotatable bonds is 2. The molecule has 1 fully saturated rings. The van der Waals surface area contributed by atoms with Crippen molar-refractivity contribution in [1.29, 1.82) is 0 Å².